The lowest BCUT2D eigenvalue weighted by molar-refractivity contribution is -0.376. The number of Topliss-reactive ketones (excluding diaryl/α,β-unsaturated/α-hetero) is 1. The molecule has 2 aliphatic rings. The van der Waals surface area contributed by atoms with E-state index in [2.05, 4.69) is 0 Å². The zero-order valence-electron chi connectivity index (χ0n) is 12.9. The maximum absolute atomic E-state index is 12.3. The van der Waals surface area contributed by atoms with Gasteiger partial charge in [0.2, 0.25) is 0 Å². The number of rotatable bonds is 2. The molecule has 0 spiro atoms. The van der Waals surface area contributed by atoms with Crippen LogP contribution in [0.1, 0.15) is 38.7 Å². The molecule has 0 N–H and O–H groups in total. The van der Waals surface area contributed by atoms with Crippen molar-refractivity contribution in [3.8, 4) is 0 Å². The first kappa shape index (κ1) is 15.7. The zero-order valence-corrected chi connectivity index (χ0v) is 13.7. The first-order chi connectivity index (χ1) is 10.5. The van der Waals surface area contributed by atoms with Gasteiger partial charge in [-0.05, 0) is 43.5 Å². The highest BCUT2D eigenvalue weighted by Gasteiger charge is 2.45. The molecule has 0 aromatic heterocycles. The van der Waals surface area contributed by atoms with Crippen molar-refractivity contribution < 1.29 is 14.6 Å². The van der Waals surface area contributed by atoms with Crippen LogP contribution >= 0.6 is 11.6 Å². The van der Waals surface area contributed by atoms with Crippen LogP contribution < -0.4 is 0 Å². The molecule has 1 aliphatic carbocycles. The van der Waals surface area contributed by atoms with Gasteiger partial charge in [0.15, 0.2) is 0 Å². The van der Waals surface area contributed by atoms with Crippen LogP contribution in [0.25, 0.3) is 6.08 Å². The molecule has 2 bridgehead atoms. The Morgan fingerprint density at radius 3 is 2.73 bits per heavy atom. The first-order valence-electron chi connectivity index (χ1n) is 7.80. The number of carbonyl (C=O) groups is 1. The lowest BCUT2D eigenvalue weighted by Crippen LogP contribution is -2.40. The summed E-state index contributed by atoms with van der Waals surface area (Å²) in [5.41, 5.74) is 0.468. The van der Waals surface area contributed by atoms with Crippen LogP contribution in [0.15, 0.2) is 30.3 Å². The second-order valence-electron chi connectivity index (χ2n) is 6.52. The van der Waals surface area contributed by atoms with Gasteiger partial charge in [0.1, 0.15) is 17.5 Å². The number of carbonyl (C=O) groups excluding carboxylic acids is 1. The van der Waals surface area contributed by atoms with Gasteiger partial charge in [-0.1, -0.05) is 36.7 Å². The molecule has 4 heteroatoms. The van der Waals surface area contributed by atoms with Gasteiger partial charge in [-0.3, -0.25) is 4.79 Å². The molecule has 3 rings (SSSR count). The monoisotopic (exact) mass is 320 g/mol. The Bertz CT molecular complexity index is 580. The van der Waals surface area contributed by atoms with Crippen molar-refractivity contribution in [3.05, 3.63) is 40.9 Å². The summed E-state index contributed by atoms with van der Waals surface area (Å²) in [7, 11) is 0. The molecule has 1 heterocycles. The smallest absolute Gasteiger partial charge is 0.138 e. The molecule has 1 aliphatic heterocycles. The minimum Gasteiger partial charge on any atom is -0.299 e. The van der Waals surface area contributed by atoms with Crippen molar-refractivity contribution in [1.29, 1.82) is 0 Å². The summed E-state index contributed by atoms with van der Waals surface area (Å²) in [4.78, 5) is 23.6. The van der Waals surface area contributed by atoms with Gasteiger partial charge in [0.05, 0.1) is 0 Å². The second-order valence-corrected chi connectivity index (χ2v) is 6.96. The van der Waals surface area contributed by atoms with Crippen molar-refractivity contribution in [2.75, 3.05) is 0 Å². The van der Waals surface area contributed by atoms with E-state index in [1.165, 1.54) is 0 Å². The van der Waals surface area contributed by atoms with Crippen LogP contribution in [0.5, 0.6) is 0 Å². The van der Waals surface area contributed by atoms with E-state index in [9.17, 15) is 4.79 Å². The van der Waals surface area contributed by atoms with Crippen LogP contribution in [0.2, 0.25) is 5.02 Å². The van der Waals surface area contributed by atoms with E-state index in [4.69, 9.17) is 21.4 Å². The molecule has 2 fully saturated rings. The lowest BCUT2D eigenvalue weighted by Gasteiger charge is -2.34. The lowest BCUT2D eigenvalue weighted by atomic mass is 9.82. The van der Waals surface area contributed by atoms with Crippen LogP contribution in [0.3, 0.4) is 0 Å². The molecule has 118 valence electrons. The summed E-state index contributed by atoms with van der Waals surface area (Å²) >= 11 is 5.90. The van der Waals surface area contributed by atoms with Crippen LogP contribution in [0.4, 0.5) is 0 Å². The fourth-order valence-corrected chi connectivity index (χ4v) is 3.33. The van der Waals surface area contributed by atoms with Gasteiger partial charge in [-0.15, -0.1) is 0 Å². The molecular weight excluding hydrogens is 300 g/mol. The molecular formula is C18H21ClO3. The van der Waals surface area contributed by atoms with Crippen LogP contribution in [0, 0.1) is 11.8 Å². The fourth-order valence-electron chi connectivity index (χ4n) is 3.21. The van der Waals surface area contributed by atoms with E-state index < -0.39 is 5.60 Å². The average Bonchev–Trinajstić information content (AvgIpc) is 2.75. The third kappa shape index (κ3) is 3.12. The van der Waals surface area contributed by atoms with E-state index in [1.807, 2.05) is 50.3 Å². The topological polar surface area (TPSA) is 35.5 Å². The number of hydrogen-bond acceptors (Lipinski definition) is 3. The number of fused-ring (bicyclic) bond motifs is 3. The Balaban J connectivity index is 1.82. The maximum Gasteiger partial charge on any atom is 0.138 e. The highest BCUT2D eigenvalue weighted by atomic mass is 35.5. The molecule has 1 aromatic rings. The van der Waals surface area contributed by atoms with Gasteiger partial charge in [0.25, 0.3) is 0 Å². The number of ketones is 1. The summed E-state index contributed by atoms with van der Waals surface area (Å²) in [6.45, 7) is 3.93. The molecule has 0 amide bonds. The van der Waals surface area contributed by atoms with Crippen molar-refractivity contribution in [2.45, 2.75) is 44.8 Å². The van der Waals surface area contributed by atoms with Crippen LogP contribution in [-0.2, 0) is 14.6 Å². The Kier molecular flexibility index (Phi) is 4.40. The largest absolute Gasteiger partial charge is 0.299 e. The molecule has 4 atom stereocenters. The average molecular weight is 321 g/mol. The van der Waals surface area contributed by atoms with E-state index in [0.29, 0.717) is 11.4 Å². The van der Waals surface area contributed by atoms with Gasteiger partial charge < -0.3 is 0 Å². The highest BCUT2D eigenvalue weighted by Crippen LogP contribution is 2.40. The number of benzene rings is 1. The SMILES string of the molecule is C[C@@H]1C(=O)C[C@H]2CC[C@@H]1OO[C@@]2(C)C=Cc1ccc(Cl)cc1. The molecule has 0 unspecified atom stereocenters. The minimum absolute atomic E-state index is 0.0743. The highest BCUT2D eigenvalue weighted by molar-refractivity contribution is 6.30. The van der Waals surface area contributed by atoms with E-state index in [1.54, 1.807) is 0 Å². The minimum atomic E-state index is -0.579. The Labute approximate surface area is 136 Å². The van der Waals surface area contributed by atoms with Gasteiger partial charge >= 0.3 is 0 Å². The fraction of sp³-hybridized carbons (Fsp3) is 0.500. The van der Waals surface area contributed by atoms with Crippen molar-refractivity contribution >= 4 is 23.5 Å². The Morgan fingerprint density at radius 1 is 1.27 bits per heavy atom. The standard InChI is InChI=1S/C18H21ClO3/c1-12-16(20)11-14-5-8-17(12)21-22-18(14,2)10-9-13-3-6-15(19)7-4-13/h3-4,6-7,9-10,12,14,17H,5,8,11H2,1-2H3/t12-,14-,17+,18+/m1/s1. The van der Waals surface area contributed by atoms with Crippen molar-refractivity contribution in [2.24, 2.45) is 11.8 Å². The van der Waals surface area contributed by atoms with E-state index in [-0.39, 0.29) is 23.7 Å². The first-order valence-corrected chi connectivity index (χ1v) is 8.18. The number of hydrogen-bond donors (Lipinski definition) is 0. The summed E-state index contributed by atoms with van der Waals surface area (Å²) in [5, 5.41) is 0.715. The molecule has 22 heavy (non-hydrogen) atoms. The molecule has 1 saturated heterocycles. The third-order valence-electron chi connectivity index (χ3n) is 4.95. The van der Waals surface area contributed by atoms with Gasteiger partial charge in [-0.25, -0.2) is 9.78 Å². The summed E-state index contributed by atoms with van der Waals surface area (Å²) in [6, 6.07) is 7.62. The predicted molar refractivity (Wildman–Crippen MR) is 86.4 cm³/mol. The molecule has 3 nitrogen and oxygen atoms in total. The quantitative estimate of drug-likeness (QED) is 0.755. The Morgan fingerprint density at radius 2 is 2.00 bits per heavy atom. The third-order valence-corrected chi connectivity index (χ3v) is 5.20. The van der Waals surface area contributed by atoms with Crippen LogP contribution in [-0.4, -0.2) is 17.5 Å². The van der Waals surface area contributed by atoms with Crippen molar-refractivity contribution in [1.82, 2.24) is 0 Å². The Hall–Kier alpha value is -1.16. The summed E-state index contributed by atoms with van der Waals surface area (Å²) in [6.07, 6.45) is 6.27. The normalized spacial score (nSPS) is 35.6. The zero-order chi connectivity index (χ0) is 15.7. The maximum atomic E-state index is 12.3. The van der Waals surface area contributed by atoms with Crippen molar-refractivity contribution in [3.63, 3.8) is 0 Å². The molecule has 1 aromatic carbocycles. The second kappa shape index (κ2) is 6.15. The van der Waals surface area contributed by atoms with Gasteiger partial charge in [0, 0.05) is 23.3 Å². The molecule has 1 saturated carbocycles. The predicted octanol–water partition coefficient (Wildman–Crippen LogP) is 4.45. The van der Waals surface area contributed by atoms with E-state index >= 15 is 0 Å². The van der Waals surface area contributed by atoms with E-state index in [0.717, 1.165) is 18.4 Å². The number of halogens is 1. The van der Waals surface area contributed by atoms with Gasteiger partial charge in [-0.2, -0.15) is 0 Å². The molecule has 0 radical (unpaired) electrons. The summed E-state index contributed by atoms with van der Waals surface area (Å²) < 4.78 is 0. The summed E-state index contributed by atoms with van der Waals surface area (Å²) in [5.74, 6) is 0.357.